The molecule has 0 saturated carbocycles. The highest BCUT2D eigenvalue weighted by Gasteiger charge is 2.23. The van der Waals surface area contributed by atoms with Crippen LogP contribution >= 0.6 is 11.5 Å². The van der Waals surface area contributed by atoms with Crippen LogP contribution in [0.25, 0.3) is 22.4 Å². The number of phenolic OH excluding ortho intramolecular Hbond substituents is 1. The molecule has 0 radical (unpaired) electrons. The van der Waals surface area contributed by atoms with E-state index in [-0.39, 0.29) is 5.75 Å². The Bertz CT molecular complexity index is 859. The second-order valence-electron chi connectivity index (χ2n) is 5.22. The summed E-state index contributed by atoms with van der Waals surface area (Å²) in [5, 5.41) is 26.3. The lowest BCUT2D eigenvalue weighted by Crippen LogP contribution is -1.98. The molecule has 0 spiro atoms. The smallest absolute Gasteiger partial charge is 0.115 e. The number of oxime groups is 1. The summed E-state index contributed by atoms with van der Waals surface area (Å²) in [6.45, 7) is 3.96. The normalized spacial score (nSPS) is 11.4. The molecule has 0 fully saturated rings. The molecular formula is C16H16N4O2S. The van der Waals surface area contributed by atoms with Crippen LogP contribution in [-0.2, 0) is 7.05 Å². The number of aromatic hydroxyl groups is 1. The summed E-state index contributed by atoms with van der Waals surface area (Å²) in [5.74, 6) is 0.202. The Kier molecular flexibility index (Phi) is 3.87. The summed E-state index contributed by atoms with van der Waals surface area (Å²) >= 11 is 1.43. The molecule has 0 aliphatic heterocycles. The van der Waals surface area contributed by atoms with Crippen molar-refractivity contribution in [3.8, 4) is 28.1 Å². The molecule has 2 heterocycles. The van der Waals surface area contributed by atoms with Gasteiger partial charge in [-0.1, -0.05) is 5.16 Å². The molecule has 0 unspecified atom stereocenters. The number of benzene rings is 1. The fraction of sp³-hybridized carbons (Fsp3) is 0.188. The van der Waals surface area contributed by atoms with E-state index in [9.17, 15) is 5.11 Å². The van der Waals surface area contributed by atoms with E-state index in [0.717, 1.165) is 33.0 Å². The summed E-state index contributed by atoms with van der Waals surface area (Å²) in [6, 6.07) is 6.87. The number of aromatic nitrogens is 3. The van der Waals surface area contributed by atoms with Crippen molar-refractivity contribution in [2.75, 3.05) is 0 Å². The van der Waals surface area contributed by atoms with Crippen LogP contribution in [0.5, 0.6) is 5.75 Å². The predicted molar refractivity (Wildman–Crippen MR) is 90.3 cm³/mol. The van der Waals surface area contributed by atoms with Crippen molar-refractivity contribution in [3.63, 3.8) is 0 Å². The molecule has 23 heavy (non-hydrogen) atoms. The predicted octanol–water partition coefficient (Wildman–Crippen LogP) is 3.34. The third-order valence-electron chi connectivity index (χ3n) is 3.70. The van der Waals surface area contributed by atoms with Crippen molar-refractivity contribution in [2.45, 2.75) is 13.8 Å². The minimum Gasteiger partial charge on any atom is -0.508 e. The van der Waals surface area contributed by atoms with E-state index in [1.807, 2.05) is 26.0 Å². The summed E-state index contributed by atoms with van der Waals surface area (Å²) in [7, 11) is 1.80. The van der Waals surface area contributed by atoms with Gasteiger partial charge in [-0.3, -0.25) is 4.68 Å². The Hall–Kier alpha value is -2.67. The Morgan fingerprint density at radius 2 is 1.87 bits per heavy atom. The largest absolute Gasteiger partial charge is 0.508 e. The number of hydrogen-bond acceptors (Lipinski definition) is 6. The zero-order valence-corrected chi connectivity index (χ0v) is 13.8. The minimum atomic E-state index is 0.202. The first kappa shape index (κ1) is 15.2. The molecule has 0 aliphatic carbocycles. The van der Waals surface area contributed by atoms with Gasteiger partial charge < -0.3 is 10.3 Å². The average Bonchev–Trinajstić information content (AvgIpc) is 3.01. The van der Waals surface area contributed by atoms with Gasteiger partial charge in [-0.15, -0.1) is 0 Å². The van der Waals surface area contributed by atoms with Crippen LogP contribution in [0.4, 0.5) is 0 Å². The topological polar surface area (TPSA) is 83.5 Å². The van der Waals surface area contributed by atoms with E-state index in [0.29, 0.717) is 5.69 Å². The molecule has 6 nitrogen and oxygen atoms in total. The molecule has 0 aliphatic rings. The summed E-state index contributed by atoms with van der Waals surface area (Å²) in [5.41, 5.74) is 5.11. The van der Waals surface area contributed by atoms with Crippen molar-refractivity contribution in [1.82, 2.24) is 14.2 Å². The van der Waals surface area contributed by atoms with Gasteiger partial charge in [-0.2, -0.15) is 9.47 Å². The summed E-state index contributed by atoms with van der Waals surface area (Å²) in [6.07, 6.45) is 1.38. The molecular weight excluding hydrogens is 312 g/mol. The molecule has 2 aromatic heterocycles. The maximum Gasteiger partial charge on any atom is 0.115 e. The minimum absolute atomic E-state index is 0.202. The monoisotopic (exact) mass is 328 g/mol. The van der Waals surface area contributed by atoms with Crippen LogP contribution in [-0.4, -0.2) is 30.7 Å². The first-order valence-electron chi connectivity index (χ1n) is 7.00. The molecule has 3 aromatic rings. The molecule has 0 saturated heterocycles. The van der Waals surface area contributed by atoms with Crippen LogP contribution in [0, 0.1) is 13.8 Å². The molecule has 2 N–H and O–H groups in total. The third kappa shape index (κ3) is 2.59. The maximum absolute atomic E-state index is 9.50. The van der Waals surface area contributed by atoms with Gasteiger partial charge in [-0.05, 0) is 49.6 Å². The maximum atomic E-state index is 9.50. The van der Waals surface area contributed by atoms with Gasteiger partial charge in [0.05, 0.1) is 17.6 Å². The number of rotatable bonds is 3. The molecule has 0 bridgehead atoms. The first-order valence-corrected chi connectivity index (χ1v) is 7.77. The second kappa shape index (κ2) is 5.85. The van der Waals surface area contributed by atoms with E-state index in [1.54, 1.807) is 23.9 Å². The van der Waals surface area contributed by atoms with Gasteiger partial charge in [0, 0.05) is 28.6 Å². The number of nitrogens with zero attached hydrogens (tertiary/aromatic N) is 4. The van der Waals surface area contributed by atoms with E-state index in [1.165, 1.54) is 17.7 Å². The fourth-order valence-electron chi connectivity index (χ4n) is 2.65. The highest BCUT2D eigenvalue weighted by atomic mass is 32.1. The van der Waals surface area contributed by atoms with Crippen LogP contribution in [0.1, 0.15) is 16.3 Å². The molecule has 1 aromatic carbocycles. The van der Waals surface area contributed by atoms with Crippen LogP contribution in [0.2, 0.25) is 0 Å². The molecule has 3 rings (SSSR count). The second-order valence-corrected chi connectivity index (χ2v) is 6.20. The molecule has 0 amide bonds. The van der Waals surface area contributed by atoms with Crippen molar-refractivity contribution < 1.29 is 10.3 Å². The summed E-state index contributed by atoms with van der Waals surface area (Å²) < 4.78 is 6.08. The van der Waals surface area contributed by atoms with Gasteiger partial charge in [-0.25, -0.2) is 0 Å². The van der Waals surface area contributed by atoms with Gasteiger partial charge in [0.2, 0.25) is 0 Å². The van der Waals surface area contributed by atoms with Crippen LogP contribution in [0.15, 0.2) is 29.4 Å². The third-order valence-corrected chi connectivity index (χ3v) is 4.54. The molecule has 118 valence electrons. The standard InChI is InChI=1S/C16H16N4O2S/c1-9-14(10(2)23-19-9)15-13(8-17-22)20(3)18-16(15)11-4-6-12(21)7-5-11/h4-8,21-22H,1-3H3. The van der Waals surface area contributed by atoms with E-state index < -0.39 is 0 Å². The highest BCUT2D eigenvalue weighted by molar-refractivity contribution is 7.06. The van der Waals surface area contributed by atoms with Gasteiger partial charge in [0.25, 0.3) is 0 Å². The van der Waals surface area contributed by atoms with Crippen LogP contribution < -0.4 is 0 Å². The Morgan fingerprint density at radius 1 is 1.17 bits per heavy atom. The van der Waals surface area contributed by atoms with Crippen molar-refractivity contribution >= 4 is 17.7 Å². The number of phenols is 1. The number of aryl methyl sites for hydroxylation is 3. The van der Waals surface area contributed by atoms with Crippen molar-refractivity contribution in [1.29, 1.82) is 0 Å². The van der Waals surface area contributed by atoms with Gasteiger partial charge in [0.1, 0.15) is 11.4 Å². The lowest BCUT2D eigenvalue weighted by atomic mass is 9.98. The van der Waals surface area contributed by atoms with Crippen LogP contribution in [0.3, 0.4) is 0 Å². The zero-order valence-electron chi connectivity index (χ0n) is 13.0. The first-order chi connectivity index (χ1) is 11.0. The molecule has 7 heteroatoms. The SMILES string of the molecule is Cc1nsc(C)c1-c1c(-c2ccc(O)cc2)nn(C)c1C=NO. The lowest BCUT2D eigenvalue weighted by molar-refractivity contribution is 0.321. The lowest BCUT2D eigenvalue weighted by Gasteiger charge is -2.05. The summed E-state index contributed by atoms with van der Waals surface area (Å²) in [4.78, 5) is 1.07. The van der Waals surface area contributed by atoms with E-state index in [2.05, 4.69) is 14.6 Å². The van der Waals surface area contributed by atoms with E-state index >= 15 is 0 Å². The average molecular weight is 328 g/mol. The Balaban J connectivity index is 2.33. The number of hydrogen-bond donors (Lipinski definition) is 2. The Labute approximate surface area is 137 Å². The van der Waals surface area contributed by atoms with Gasteiger partial charge in [0.15, 0.2) is 0 Å². The zero-order chi connectivity index (χ0) is 16.6. The Morgan fingerprint density at radius 3 is 2.43 bits per heavy atom. The van der Waals surface area contributed by atoms with Crippen molar-refractivity contribution in [2.24, 2.45) is 12.2 Å². The highest BCUT2D eigenvalue weighted by Crippen LogP contribution is 2.38. The van der Waals surface area contributed by atoms with Crippen molar-refractivity contribution in [3.05, 3.63) is 40.5 Å². The quantitative estimate of drug-likeness (QED) is 0.439. The molecule has 0 atom stereocenters. The van der Waals surface area contributed by atoms with Gasteiger partial charge >= 0.3 is 0 Å². The van der Waals surface area contributed by atoms with E-state index in [4.69, 9.17) is 5.21 Å². The fourth-order valence-corrected chi connectivity index (χ4v) is 3.35.